The lowest BCUT2D eigenvalue weighted by Gasteiger charge is -2.14. The molecule has 0 N–H and O–H groups in total. The molecule has 0 unspecified atom stereocenters. The van der Waals surface area contributed by atoms with Gasteiger partial charge in [0.05, 0.1) is 37.2 Å². The Labute approximate surface area is 235 Å². The second kappa shape index (κ2) is 11.2. The molecule has 7 nitrogen and oxygen atoms in total. The number of thiophene rings is 1. The maximum atomic E-state index is 13.8. The average Bonchev–Trinajstić information content (AvgIpc) is 3.43. The van der Waals surface area contributed by atoms with E-state index in [1.807, 2.05) is 56.3 Å². The number of Topliss-reactive ketones (excluding diaryl/α,β-unsaturated/α-hetero) is 1. The number of rotatable bonds is 8. The number of ketones is 1. The van der Waals surface area contributed by atoms with Crippen LogP contribution in [0.3, 0.4) is 0 Å². The molecule has 5 aromatic rings. The molecule has 0 aliphatic rings. The van der Waals surface area contributed by atoms with Crippen molar-refractivity contribution in [1.29, 1.82) is 5.26 Å². The van der Waals surface area contributed by atoms with E-state index in [1.165, 1.54) is 11.3 Å². The van der Waals surface area contributed by atoms with Gasteiger partial charge in [-0.3, -0.25) is 18.7 Å². The molecular formula is C32H27N3O4S. The van der Waals surface area contributed by atoms with E-state index in [9.17, 15) is 19.6 Å². The third-order valence-corrected chi connectivity index (χ3v) is 8.34. The Morgan fingerprint density at radius 2 is 1.75 bits per heavy atom. The number of nitrogens with zero attached hydrogens (tertiary/aromatic N) is 3. The minimum absolute atomic E-state index is 0.238. The number of ether oxygens (including phenoxy) is 1. The highest BCUT2D eigenvalue weighted by Gasteiger charge is 2.19. The number of aryl methyl sites for hydroxylation is 2. The lowest BCUT2D eigenvalue weighted by atomic mass is 9.96. The molecule has 0 atom stereocenters. The number of benzene rings is 3. The number of nitriles is 1. The Hall–Kier alpha value is -4.74. The van der Waals surface area contributed by atoms with E-state index < -0.39 is 11.2 Å². The number of hydrogen-bond donors (Lipinski definition) is 0. The molecule has 2 heterocycles. The predicted octanol–water partition coefficient (Wildman–Crippen LogP) is 5.57. The number of fused-ring (bicyclic) bond motifs is 1. The molecule has 2 aromatic heterocycles. The van der Waals surface area contributed by atoms with E-state index >= 15 is 0 Å². The zero-order valence-electron chi connectivity index (χ0n) is 22.4. The predicted molar refractivity (Wildman–Crippen MR) is 157 cm³/mol. The van der Waals surface area contributed by atoms with Gasteiger partial charge < -0.3 is 4.74 Å². The first kappa shape index (κ1) is 26.9. The maximum Gasteiger partial charge on any atom is 0.332 e. The fraction of sp³-hybridized carbons (Fsp3) is 0.188. The van der Waals surface area contributed by atoms with Gasteiger partial charge >= 0.3 is 5.69 Å². The normalized spacial score (nSPS) is 10.9. The Morgan fingerprint density at radius 3 is 2.42 bits per heavy atom. The van der Waals surface area contributed by atoms with Crippen LogP contribution in [0.5, 0.6) is 5.75 Å². The SMILES string of the molecule is CCc1cc2c(=O)n(CC(=O)c3ccc(OC)cc3)c(=O)n(Cc3ccc(-c4ccccc4C#N)cc3C)c2s1. The van der Waals surface area contributed by atoms with Crippen LogP contribution in [0.25, 0.3) is 21.3 Å². The van der Waals surface area contributed by atoms with Crippen LogP contribution < -0.4 is 16.0 Å². The summed E-state index contributed by atoms with van der Waals surface area (Å²) in [5, 5.41) is 9.95. The summed E-state index contributed by atoms with van der Waals surface area (Å²) in [5.74, 6) is 0.274. The van der Waals surface area contributed by atoms with Gasteiger partial charge in [0.2, 0.25) is 0 Å². The minimum Gasteiger partial charge on any atom is -0.497 e. The molecule has 200 valence electrons. The van der Waals surface area contributed by atoms with Gasteiger partial charge in [-0.05, 0) is 72.0 Å². The average molecular weight is 550 g/mol. The molecule has 0 saturated carbocycles. The van der Waals surface area contributed by atoms with E-state index in [0.29, 0.717) is 27.1 Å². The van der Waals surface area contributed by atoms with E-state index in [0.717, 1.165) is 38.1 Å². The first-order chi connectivity index (χ1) is 19.3. The standard InChI is InChI=1S/C32H27N3O4S/c1-4-26-16-28-30(37)34(19-29(36)21-11-13-25(39-3)14-12-21)32(38)35(31(28)40-26)18-24-10-9-22(15-20(24)2)27-8-6-5-7-23(27)17-33/h5-16H,4,18-19H2,1-3H3. The first-order valence-electron chi connectivity index (χ1n) is 12.9. The van der Waals surface area contributed by atoms with Crippen molar-refractivity contribution < 1.29 is 9.53 Å². The third kappa shape index (κ3) is 4.99. The second-order valence-corrected chi connectivity index (χ2v) is 10.6. The van der Waals surface area contributed by atoms with Crippen LogP contribution in [0.4, 0.5) is 0 Å². The number of hydrogen-bond acceptors (Lipinski definition) is 6. The van der Waals surface area contributed by atoms with Gasteiger partial charge in [-0.15, -0.1) is 11.3 Å². The molecule has 0 amide bonds. The highest BCUT2D eigenvalue weighted by atomic mass is 32.1. The van der Waals surface area contributed by atoms with E-state index in [1.54, 1.807) is 42.0 Å². The van der Waals surface area contributed by atoms with Crippen LogP contribution in [-0.4, -0.2) is 22.0 Å². The van der Waals surface area contributed by atoms with Gasteiger partial charge in [0.1, 0.15) is 10.6 Å². The summed E-state index contributed by atoms with van der Waals surface area (Å²) in [6.45, 7) is 3.84. The summed E-state index contributed by atoms with van der Waals surface area (Å²) in [5.41, 5.74) is 3.60. The van der Waals surface area contributed by atoms with Gasteiger partial charge in [0.25, 0.3) is 5.56 Å². The van der Waals surface area contributed by atoms with Crippen LogP contribution in [0.2, 0.25) is 0 Å². The van der Waals surface area contributed by atoms with E-state index in [2.05, 4.69) is 6.07 Å². The molecule has 8 heteroatoms. The molecule has 0 bridgehead atoms. The van der Waals surface area contributed by atoms with Crippen molar-refractivity contribution in [2.75, 3.05) is 7.11 Å². The van der Waals surface area contributed by atoms with Crippen LogP contribution in [0.1, 0.15) is 38.8 Å². The summed E-state index contributed by atoms with van der Waals surface area (Å²) in [6, 6.07) is 24.0. The third-order valence-electron chi connectivity index (χ3n) is 7.04. The van der Waals surface area contributed by atoms with Crippen LogP contribution >= 0.6 is 11.3 Å². The summed E-state index contributed by atoms with van der Waals surface area (Å²) < 4.78 is 7.79. The summed E-state index contributed by atoms with van der Waals surface area (Å²) in [4.78, 5) is 41.9. The van der Waals surface area contributed by atoms with Gasteiger partial charge in [-0.25, -0.2) is 4.79 Å². The largest absolute Gasteiger partial charge is 0.497 e. The van der Waals surface area contributed by atoms with Crippen molar-refractivity contribution in [1.82, 2.24) is 9.13 Å². The summed E-state index contributed by atoms with van der Waals surface area (Å²) >= 11 is 1.43. The number of aromatic nitrogens is 2. The Kier molecular flexibility index (Phi) is 7.50. The lowest BCUT2D eigenvalue weighted by Crippen LogP contribution is -2.41. The Bertz CT molecular complexity index is 1910. The first-order valence-corrected chi connectivity index (χ1v) is 13.7. The van der Waals surface area contributed by atoms with Gasteiger partial charge in [-0.2, -0.15) is 5.26 Å². The fourth-order valence-corrected chi connectivity index (χ4v) is 5.84. The Balaban J connectivity index is 1.57. The molecule has 0 radical (unpaired) electrons. The molecule has 5 rings (SSSR count). The zero-order chi connectivity index (χ0) is 28.4. The van der Waals surface area contributed by atoms with Gasteiger partial charge in [0.15, 0.2) is 5.78 Å². The van der Waals surface area contributed by atoms with Crippen LogP contribution in [0, 0.1) is 18.3 Å². The topological polar surface area (TPSA) is 94.1 Å². The van der Waals surface area contributed by atoms with Gasteiger partial charge in [0, 0.05) is 10.4 Å². The lowest BCUT2D eigenvalue weighted by molar-refractivity contribution is 0.0969. The van der Waals surface area contributed by atoms with Gasteiger partial charge in [-0.1, -0.05) is 43.3 Å². The molecule has 0 saturated heterocycles. The minimum atomic E-state index is -0.526. The zero-order valence-corrected chi connectivity index (χ0v) is 23.2. The smallest absolute Gasteiger partial charge is 0.332 e. The summed E-state index contributed by atoms with van der Waals surface area (Å²) in [7, 11) is 1.54. The molecule has 0 aliphatic carbocycles. The summed E-state index contributed by atoms with van der Waals surface area (Å²) in [6.07, 6.45) is 0.726. The van der Waals surface area contributed by atoms with Crippen molar-refractivity contribution in [3.63, 3.8) is 0 Å². The fourth-order valence-electron chi connectivity index (χ4n) is 4.76. The molecule has 3 aromatic carbocycles. The second-order valence-electron chi connectivity index (χ2n) is 9.50. The number of carbonyl (C=O) groups is 1. The molecule has 0 aliphatic heterocycles. The van der Waals surface area contributed by atoms with E-state index in [4.69, 9.17) is 4.74 Å². The quantitative estimate of drug-likeness (QED) is 0.236. The van der Waals surface area contributed by atoms with Crippen molar-refractivity contribution in [2.24, 2.45) is 0 Å². The van der Waals surface area contributed by atoms with Crippen molar-refractivity contribution in [2.45, 2.75) is 33.4 Å². The molecule has 40 heavy (non-hydrogen) atoms. The monoisotopic (exact) mass is 549 g/mol. The molecule has 0 spiro atoms. The van der Waals surface area contributed by atoms with Crippen LogP contribution in [-0.2, 0) is 19.5 Å². The Morgan fingerprint density at radius 1 is 1.00 bits per heavy atom. The molecular weight excluding hydrogens is 522 g/mol. The highest BCUT2D eigenvalue weighted by molar-refractivity contribution is 7.18. The highest BCUT2D eigenvalue weighted by Crippen LogP contribution is 2.27. The number of carbonyl (C=O) groups excluding carboxylic acids is 1. The van der Waals surface area contributed by atoms with Crippen molar-refractivity contribution >= 4 is 27.3 Å². The van der Waals surface area contributed by atoms with E-state index in [-0.39, 0.29) is 18.9 Å². The maximum absolute atomic E-state index is 13.8. The number of methoxy groups -OCH3 is 1. The van der Waals surface area contributed by atoms with Crippen molar-refractivity contribution in [3.8, 4) is 22.9 Å². The van der Waals surface area contributed by atoms with Crippen molar-refractivity contribution in [3.05, 3.63) is 121 Å². The van der Waals surface area contributed by atoms with Crippen LogP contribution in [0.15, 0.2) is 82.4 Å². The molecule has 0 fully saturated rings.